The monoisotopic (exact) mass is 257 g/mol. The minimum atomic E-state index is 0.460. The summed E-state index contributed by atoms with van der Waals surface area (Å²) in [6, 6.07) is 0.460. The van der Waals surface area contributed by atoms with Crippen LogP contribution in [0.5, 0.6) is 0 Å². The Morgan fingerprint density at radius 2 is 1.82 bits per heavy atom. The van der Waals surface area contributed by atoms with Gasteiger partial charge in [-0.3, -0.25) is 0 Å². The first-order chi connectivity index (χ1) is 8.28. The van der Waals surface area contributed by atoms with Crippen LogP contribution < -0.4 is 5.73 Å². The largest absolute Gasteiger partial charge is 0.328 e. The molecule has 0 bridgehead atoms. The van der Waals surface area contributed by atoms with Crippen LogP contribution in [0.4, 0.5) is 0 Å². The van der Waals surface area contributed by atoms with Gasteiger partial charge in [0.2, 0.25) is 0 Å². The Labute approximate surface area is 110 Å². The second-order valence-electron chi connectivity index (χ2n) is 5.38. The van der Waals surface area contributed by atoms with Crippen LogP contribution in [-0.4, -0.2) is 66.1 Å². The summed E-state index contributed by atoms with van der Waals surface area (Å²) in [5, 5.41) is 0.874. The summed E-state index contributed by atoms with van der Waals surface area (Å²) >= 11 is 2.16. The lowest BCUT2D eigenvalue weighted by atomic mass is 10.1. The average molecular weight is 257 g/mol. The first-order valence-corrected chi connectivity index (χ1v) is 8.14. The van der Waals surface area contributed by atoms with E-state index >= 15 is 0 Å². The minimum absolute atomic E-state index is 0.460. The fourth-order valence-corrected chi connectivity index (χ4v) is 3.94. The Morgan fingerprint density at radius 3 is 2.53 bits per heavy atom. The van der Waals surface area contributed by atoms with Crippen molar-refractivity contribution >= 4 is 11.8 Å². The number of piperidine rings is 1. The standard InChI is InChI=1S/C13H27N3S/c1-2-13-11-16(9-10-17-13)8-7-15-5-3-12(14)4-6-15/h12-13H,2-11,14H2,1H3. The molecule has 2 fully saturated rings. The van der Waals surface area contributed by atoms with Crippen LogP contribution in [-0.2, 0) is 0 Å². The molecule has 2 aliphatic rings. The number of nitrogens with zero attached hydrogens (tertiary/aromatic N) is 2. The zero-order valence-corrected chi connectivity index (χ0v) is 11.9. The second-order valence-corrected chi connectivity index (χ2v) is 6.79. The Kier molecular flexibility index (Phi) is 5.60. The zero-order valence-electron chi connectivity index (χ0n) is 11.1. The van der Waals surface area contributed by atoms with E-state index in [1.807, 2.05) is 0 Å². The number of hydrogen-bond acceptors (Lipinski definition) is 4. The van der Waals surface area contributed by atoms with Crippen molar-refractivity contribution in [1.29, 1.82) is 0 Å². The highest BCUT2D eigenvalue weighted by Gasteiger charge is 2.20. The van der Waals surface area contributed by atoms with Crippen LogP contribution in [0.2, 0.25) is 0 Å². The van der Waals surface area contributed by atoms with Gasteiger partial charge < -0.3 is 15.5 Å². The molecule has 4 heteroatoms. The van der Waals surface area contributed by atoms with E-state index in [0.29, 0.717) is 6.04 Å². The number of likely N-dealkylation sites (tertiary alicyclic amines) is 1. The van der Waals surface area contributed by atoms with E-state index in [-0.39, 0.29) is 0 Å². The molecule has 0 saturated carbocycles. The van der Waals surface area contributed by atoms with Crippen LogP contribution in [0.15, 0.2) is 0 Å². The van der Waals surface area contributed by atoms with Gasteiger partial charge in [0.15, 0.2) is 0 Å². The molecule has 0 aromatic rings. The lowest BCUT2D eigenvalue weighted by Gasteiger charge is -2.35. The molecule has 2 rings (SSSR count). The van der Waals surface area contributed by atoms with Crippen molar-refractivity contribution in [3.8, 4) is 0 Å². The summed E-state index contributed by atoms with van der Waals surface area (Å²) in [4.78, 5) is 5.24. The van der Waals surface area contributed by atoms with Gasteiger partial charge in [0.25, 0.3) is 0 Å². The molecule has 1 unspecified atom stereocenters. The molecule has 0 aromatic heterocycles. The first-order valence-electron chi connectivity index (χ1n) is 7.10. The van der Waals surface area contributed by atoms with Crippen molar-refractivity contribution in [2.45, 2.75) is 37.5 Å². The molecule has 0 aromatic carbocycles. The van der Waals surface area contributed by atoms with E-state index in [4.69, 9.17) is 5.73 Å². The Balaban J connectivity index is 1.64. The van der Waals surface area contributed by atoms with Crippen LogP contribution in [0, 0.1) is 0 Å². The van der Waals surface area contributed by atoms with Crippen molar-refractivity contribution < 1.29 is 0 Å². The fraction of sp³-hybridized carbons (Fsp3) is 1.00. The van der Waals surface area contributed by atoms with Gasteiger partial charge in [0.1, 0.15) is 0 Å². The quantitative estimate of drug-likeness (QED) is 0.821. The lowest BCUT2D eigenvalue weighted by Crippen LogP contribution is -2.45. The highest BCUT2D eigenvalue weighted by Crippen LogP contribution is 2.20. The molecule has 0 radical (unpaired) electrons. The summed E-state index contributed by atoms with van der Waals surface area (Å²) in [6.45, 7) is 9.82. The third kappa shape index (κ3) is 4.43. The van der Waals surface area contributed by atoms with Gasteiger partial charge in [-0.05, 0) is 32.4 Å². The van der Waals surface area contributed by atoms with Crippen molar-refractivity contribution in [3.63, 3.8) is 0 Å². The Hall–Kier alpha value is 0.230. The van der Waals surface area contributed by atoms with E-state index in [9.17, 15) is 0 Å². The van der Waals surface area contributed by atoms with Crippen LogP contribution in [0.25, 0.3) is 0 Å². The molecule has 0 spiro atoms. The number of rotatable bonds is 4. The van der Waals surface area contributed by atoms with Gasteiger partial charge in [-0.15, -0.1) is 0 Å². The van der Waals surface area contributed by atoms with Gasteiger partial charge in [-0.2, -0.15) is 11.8 Å². The molecule has 2 aliphatic heterocycles. The van der Waals surface area contributed by atoms with E-state index in [0.717, 1.165) is 5.25 Å². The lowest BCUT2D eigenvalue weighted by molar-refractivity contribution is 0.175. The molecule has 100 valence electrons. The summed E-state index contributed by atoms with van der Waals surface area (Å²) in [5.74, 6) is 1.32. The van der Waals surface area contributed by atoms with Gasteiger partial charge >= 0.3 is 0 Å². The summed E-state index contributed by atoms with van der Waals surface area (Å²) in [6.07, 6.45) is 3.70. The number of nitrogens with two attached hydrogens (primary N) is 1. The number of thioether (sulfide) groups is 1. The van der Waals surface area contributed by atoms with E-state index in [1.54, 1.807) is 0 Å². The van der Waals surface area contributed by atoms with Gasteiger partial charge in [0.05, 0.1) is 0 Å². The van der Waals surface area contributed by atoms with Crippen molar-refractivity contribution in [2.24, 2.45) is 5.73 Å². The maximum Gasteiger partial charge on any atom is 0.0172 e. The molecule has 2 N–H and O–H groups in total. The SMILES string of the molecule is CCC1CN(CCN2CCC(N)CC2)CCS1. The van der Waals surface area contributed by atoms with Gasteiger partial charge in [0, 0.05) is 43.2 Å². The number of hydrogen-bond donors (Lipinski definition) is 1. The maximum atomic E-state index is 5.93. The van der Waals surface area contributed by atoms with Crippen molar-refractivity contribution in [3.05, 3.63) is 0 Å². The zero-order chi connectivity index (χ0) is 12.1. The Morgan fingerprint density at radius 1 is 1.12 bits per heavy atom. The minimum Gasteiger partial charge on any atom is -0.328 e. The molecule has 2 saturated heterocycles. The van der Waals surface area contributed by atoms with E-state index in [1.165, 1.54) is 64.3 Å². The third-order valence-electron chi connectivity index (χ3n) is 4.04. The average Bonchev–Trinajstić information content (AvgIpc) is 2.38. The highest BCUT2D eigenvalue weighted by molar-refractivity contribution is 8.00. The molecular formula is C13H27N3S. The summed E-state index contributed by atoms with van der Waals surface area (Å²) < 4.78 is 0. The van der Waals surface area contributed by atoms with Crippen molar-refractivity contribution in [2.75, 3.05) is 45.0 Å². The predicted octanol–water partition coefficient (Wildman–Crippen LogP) is 1.24. The van der Waals surface area contributed by atoms with Gasteiger partial charge in [-0.1, -0.05) is 6.92 Å². The Bertz CT molecular complexity index is 217. The fourth-order valence-electron chi connectivity index (χ4n) is 2.69. The van der Waals surface area contributed by atoms with E-state index in [2.05, 4.69) is 28.5 Å². The van der Waals surface area contributed by atoms with E-state index < -0.39 is 0 Å². The smallest absolute Gasteiger partial charge is 0.0172 e. The molecule has 2 heterocycles. The molecule has 1 atom stereocenters. The second kappa shape index (κ2) is 6.98. The molecule has 3 nitrogen and oxygen atoms in total. The molecule has 0 aliphatic carbocycles. The van der Waals surface area contributed by atoms with Crippen LogP contribution >= 0.6 is 11.8 Å². The van der Waals surface area contributed by atoms with Crippen LogP contribution in [0.3, 0.4) is 0 Å². The summed E-state index contributed by atoms with van der Waals surface area (Å²) in [5.41, 5.74) is 5.93. The first kappa shape index (κ1) is 13.7. The maximum absolute atomic E-state index is 5.93. The molecular weight excluding hydrogens is 230 g/mol. The highest BCUT2D eigenvalue weighted by atomic mass is 32.2. The summed E-state index contributed by atoms with van der Waals surface area (Å²) in [7, 11) is 0. The van der Waals surface area contributed by atoms with Crippen molar-refractivity contribution in [1.82, 2.24) is 9.80 Å². The molecule has 0 amide bonds. The van der Waals surface area contributed by atoms with Gasteiger partial charge in [-0.25, -0.2) is 0 Å². The topological polar surface area (TPSA) is 32.5 Å². The third-order valence-corrected chi connectivity index (χ3v) is 5.42. The predicted molar refractivity (Wildman–Crippen MR) is 76.6 cm³/mol. The molecule has 17 heavy (non-hydrogen) atoms. The normalized spacial score (nSPS) is 29.6. The van der Waals surface area contributed by atoms with Crippen LogP contribution in [0.1, 0.15) is 26.2 Å².